The Labute approximate surface area is 143 Å². The van der Waals surface area contributed by atoms with Crippen molar-refractivity contribution in [2.45, 2.75) is 66.1 Å². The molecule has 0 bridgehead atoms. The largest absolute Gasteiger partial charge is 0.252 e. The molecule has 0 N–H and O–H groups in total. The number of hydrogen-bond acceptors (Lipinski definition) is 1. The summed E-state index contributed by atoms with van der Waals surface area (Å²) in [5, 5.41) is 1.65. The molecule has 0 unspecified atom stereocenters. The smallest absolute Gasteiger partial charge is 0.0784 e. The first-order valence-corrected chi connectivity index (χ1v) is 12.5. The van der Waals surface area contributed by atoms with Crippen molar-refractivity contribution < 1.29 is 0 Å². The van der Waals surface area contributed by atoms with Gasteiger partial charge in [-0.25, -0.2) is 0 Å². The number of benzene rings is 1. The molecular formula is C21H31NSi. The van der Waals surface area contributed by atoms with E-state index in [9.17, 15) is 0 Å². The number of aryl methyl sites for hydroxylation is 1. The summed E-state index contributed by atoms with van der Waals surface area (Å²) in [6.45, 7) is 14.2. The average molecular weight is 326 g/mol. The fourth-order valence-electron chi connectivity index (χ4n) is 3.58. The van der Waals surface area contributed by atoms with Gasteiger partial charge in [0, 0.05) is 11.3 Å². The molecule has 1 heterocycles. The fraction of sp³-hybridized carbons (Fsp3) is 0.476. The van der Waals surface area contributed by atoms with Crippen molar-refractivity contribution in [2.24, 2.45) is 0 Å². The Morgan fingerprint density at radius 3 is 2.17 bits per heavy atom. The lowest BCUT2D eigenvalue weighted by molar-refractivity contribution is 0.782. The topological polar surface area (TPSA) is 12.9 Å². The maximum absolute atomic E-state index is 5.11. The van der Waals surface area contributed by atoms with Crippen LogP contribution in [0.3, 0.4) is 0 Å². The minimum Gasteiger partial charge on any atom is -0.252 e. The molecule has 0 aliphatic carbocycles. The molecule has 124 valence electrons. The summed E-state index contributed by atoms with van der Waals surface area (Å²) in [7, 11) is -1.42. The Balaban J connectivity index is 2.73. The SMILES string of the molecule is CCCCc1c(CC)nc(-c2ccccc2)c(C)c1[Si](C)(C)C. The molecule has 0 saturated heterocycles. The molecule has 0 aliphatic rings. The summed E-state index contributed by atoms with van der Waals surface area (Å²) in [5.74, 6) is 0. The third kappa shape index (κ3) is 3.92. The second-order valence-corrected chi connectivity index (χ2v) is 12.5. The molecule has 1 aromatic heterocycles. The number of unbranched alkanes of at least 4 members (excludes halogenated alkanes) is 1. The van der Waals surface area contributed by atoms with Crippen molar-refractivity contribution in [3.05, 3.63) is 47.2 Å². The molecule has 2 rings (SSSR count). The van der Waals surface area contributed by atoms with Crippen LogP contribution in [0.1, 0.15) is 43.5 Å². The number of hydrogen-bond donors (Lipinski definition) is 0. The van der Waals surface area contributed by atoms with Crippen LogP contribution in [0.15, 0.2) is 30.3 Å². The average Bonchev–Trinajstić information content (AvgIpc) is 2.52. The Morgan fingerprint density at radius 1 is 1.00 bits per heavy atom. The van der Waals surface area contributed by atoms with Crippen LogP contribution in [-0.2, 0) is 12.8 Å². The van der Waals surface area contributed by atoms with Gasteiger partial charge in [-0.2, -0.15) is 0 Å². The molecule has 1 aromatic carbocycles. The van der Waals surface area contributed by atoms with Gasteiger partial charge in [0.1, 0.15) is 0 Å². The fourth-order valence-corrected chi connectivity index (χ4v) is 6.00. The Bertz CT molecular complexity index is 654. The summed E-state index contributed by atoms with van der Waals surface area (Å²) >= 11 is 0. The van der Waals surface area contributed by atoms with Crippen molar-refractivity contribution in [3.63, 3.8) is 0 Å². The number of rotatable bonds is 6. The lowest BCUT2D eigenvalue weighted by atomic mass is 9.98. The summed E-state index contributed by atoms with van der Waals surface area (Å²) < 4.78 is 0. The van der Waals surface area contributed by atoms with Crippen LogP contribution in [-0.4, -0.2) is 13.1 Å². The maximum atomic E-state index is 5.11. The highest BCUT2D eigenvalue weighted by molar-refractivity contribution is 6.89. The van der Waals surface area contributed by atoms with E-state index in [4.69, 9.17) is 4.98 Å². The number of aromatic nitrogens is 1. The van der Waals surface area contributed by atoms with Gasteiger partial charge in [-0.05, 0) is 37.3 Å². The van der Waals surface area contributed by atoms with Crippen molar-refractivity contribution in [1.29, 1.82) is 0 Å². The standard InChI is InChI=1S/C21H31NSi/c1-7-9-15-18-19(8-2)22-20(17-13-11-10-12-14-17)16(3)21(18)23(4,5)6/h10-14H,7-9,15H2,1-6H3. The molecule has 0 aliphatic heterocycles. The van der Waals surface area contributed by atoms with E-state index in [-0.39, 0.29) is 0 Å². The van der Waals surface area contributed by atoms with Gasteiger partial charge >= 0.3 is 0 Å². The van der Waals surface area contributed by atoms with Crippen molar-refractivity contribution in [2.75, 3.05) is 0 Å². The summed E-state index contributed by atoms with van der Waals surface area (Å²) in [5.41, 5.74) is 6.74. The second-order valence-electron chi connectivity index (χ2n) is 7.46. The molecule has 0 atom stereocenters. The van der Waals surface area contributed by atoms with Crippen LogP contribution in [0, 0.1) is 6.92 Å². The van der Waals surface area contributed by atoms with E-state index in [1.165, 1.54) is 41.8 Å². The van der Waals surface area contributed by atoms with Gasteiger partial charge in [-0.3, -0.25) is 4.98 Å². The first-order chi connectivity index (χ1) is 10.9. The highest BCUT2D eigenvalue weighted by Crippen LogP contribution is 2.26. The zero-order valence-electron chi connectivity index (χ0n) is 15.7. The van der Waals surface area contributed by atoms with Crippen molar-refractivity contribution in [1.82, 2.24) is 4.98 Å². The summed E-state index contributed by atoms with van der Waals surface area (Å²) in [6.07, 6.45) is 4.71. The van der Waals surface area contributed by atoms with Gasteiger partial charge in [0.05, 0.1) is 13.8 Å². The predicted molar refractivity (Wildman–Crippen MR) is 105 cm³/mol. The van der Waals surface area contributed by atoms with E-state index in [0.717, 1.165) is 6.42 Å². The minimum absolute atomic E-state index is 1.02. The highest BCUT2D eigenvalue weighted by atomic mass is 28.3. The molecule has 0 saturated carbocycles. The zero-order chi connectivity index (χ0) is 17.0. The van der Waals surface area contributed by atoms with Crippen molar-refractivity contribution in [3.8, 4) is 11.3 Å². The molecule has 0 radical (unpaired) electrons. The van der Waals surface area contributed by atoms with Gasteiger partial charge in [0.25, 0.3) is 0 Å². The quantitative estimate of drug-likeness (QED) is 0.638. The molecular weight excluding hydrogens is 294 g/mol. The summed E-state index contributed by atoms with van der Waals surface area (Å²) in [6, 6.07) is 10.7. The van der Waals surface area contributed by atoms with Crippen LogP contribution in [0.4, 0.5) is 0 Å². The third-order valence-corrected chi connectivity index (χ3v) is 6.72. The number of nitrogens with zero attached hydrogens (tertiary/aromatic N) is 1. The lowest BCUT2D eigenvalue weighted by Gasteiger charge is -2.27. The monoisotopic (exact) mass is 325 g/mol. The van der Waals surface area contributed by atoms with Crippen LogP contribution in [0.5, 0.6) is 0 Å². The van der Waals surface area contributed by atoms with E-state index in [2.05, 4.69) is 70.7 Å². The Kier molecular flexibility index (Phi) is 5.80. The Morgan fingerprint density at radius 2 is 1.65 bits per heavy atom. The van der Waals surface area contributed by atoms with Gasteiger partial charge in [-0.15, -0.1) is 0 Å². The van der Waals surface area contributed by atoms with E-state index in [1.807, 2.05) is 0 Å². The van der Waals surface area contributed by atoms with E-state index >= 15 is 0 Å². The third-order valence-electron chi connectivity index (χ3n) is 4.54. The van der Waals surface area contributed by atoms with E-state index in [0.29, 0.717) is 0 Å². The first kappa shape index (κ1) is 17.9. The zero-order valence-corrected chi connectivity index (χ0v) is 16.7. The second kappa shape index (κ2) is 7.44. The Hall–Kier alpha value is -1.41. The van der Waals surface area contributed by atoms with Crippen LogP contribution < -0.4 is 5.19 Å². The number of pyridine rings is 1. The highest BCUT2D eigenvalue weighted by Gasteiger charge is 2.26. The van der Waals surface area contributed by atoms with E-state index in [1.54, 1.807) is 10.8 Å². The van der Waals surface area contributed by atoms with Gasteiger partial charge in [0.2, 0.25) is 0 Å². The first-order valence-electron chi connectivity index (χ1n) is 8.98. The lowest BCUT2D eigenvalue weighted by Crippen LogP contribution is -2.43. The van der Waals surface area contributed by atoms with Crippen LogP contribution >= 0.6 is 0 Å². The maximum Gasteiger partial charge on any atom is 0.0784 e. The van der Waals surface area contributed by atoms with Gasteiger partial charge in [0.15, 0.2) is 0 Å². The van der Waals surface area contributed by atoms with Crippen molar-refractivity contribution >= 4 is 13.3 Å². The molecule has 2 aromatic rings. The van der Waals surface area contributed by atoms with Crippen LogP contribution in [0.25, 0.3) is 11.3 Å². The molecule has 23 heavy (non-hydrogen) atoms. The minimum atomic E-state index is -1.42. The van der Waals surface area contributed by atoms with Gasteiger partial charge in [-0.1, -0.05) is 75.4 Å². The molecule has 2 heteroatoms. The summed E-state index contributed by atoms with van der Waals surface area (Å²) in [4.78, 5) is 5.11. The predicted octanol–water partition coefficient (Wildman–Crippen LogP) is 5.51. The molecule has 0 fully saturated rings. The molecule has 1 nitrogen and oxygen atoms in total. The molecule has 0 spiro atoms. The molecule has 0 amide bonds. The normalized spacial score (nSPS) is 11.7. The van der Waals surface area contributed by atoms with E-state index < -0.39 is 8.07 Å². The van der Waals surface area contributed by atoms with Gasteiger partial charge < -0.3 is 0 Å². The van der Waals surface area contributed by atoms with Crippen LogP contribution in [0.2, 0.25) is 19.6 Å².